The maximum absolute atomic E-state index is 10.5. The van der Waals surface area contributed by atoms with Gasteiger partial charge in [-0.2, -0.15) is 0 Å². The van der Waals surface area contributed by atoms with E-state index in [4.69, 9.17) is 10.5 Å². The molecule has 1 aromatic heterocycles. The van der Waals surface area contributed by atoms with Crippen molar-refractivity contribution in [3.8, 4) is 5.75 Å². The van der Waals surface area contributed by atoms with Crippen LogP contribution in [-0.4, -0.2) is 18.8 Å². The van der Waals surface area contributed by atoms with Gasteiger partial charge in [-0.3, -0.25) is 0 Å². The summed E-state index contributed by atoms with van der Waals surface area (Å²) in [6.07, 6.45) is -0.611. The first-order valence-corrected chi connectivity index (χ1v) is 7.59. The van der Waals surface area contributed by atoms with E-state index in [0.717, 1.165) is 20.7 Å². The van der Waals surface area contributed by atoms with Gasteiger partial charge in [-0.25, -0.2) is 0 Å². The summed E-state index contributed by atoms with van der Waals surface area (Å²) in [4.78, 5) is 0. The number of hydrogen-bond acceptors (Lipinski definition) is 4. The van der Waals surface area contributed by atoms with Crippen LogP contribution in [0.4, 0.5) is 0 Å². The van der Waals surface area contributed by atoms with E-state index >= 15 is 0 Å². The molecule has 2 unspecified atom stereocenters. The minimum absolute atomic E-state index is 0.142. The molecule has 0 aliphatic heterocycles. The van der Waals surface area contributed by atoms with Crippen LogP contribution in [-0.2, 0) is 0 Å². The third-order valence-electron chi connectivity index (χ3n) is 3.09. The number of benzene rings is 1. The number of aliphatic hydroxyl groups excluding tert-OH is 1. The molecule has 0 bridgehead atoms. The molecule has 3 nitrogen and oxygen atoms in total. The molecule has 3 N–H and O–H groups in total. The Balaban J connectivity index is 2.28. The number of halogens is 1. The van der Waals surface area contributed by atoms with Crippen molar-refractivity contribution >= 4 is 27.3 Å². The second kappa shape index (κ2) is 6.52. The van der Waals surface area contributed by atoms with E-state index in [1.807, 2.05) is 35.7 Å². The van der Waals surface area contributed by atoms with E-state index in [0.29, 0.717) is 6.54 Å². The first kappa shape index (κ1) is 14.5. The zero-order valence-corrected chi connectivity index (χ0v) is 12.9. The van der Waals surface area contributed by atoms with Gasteiger partial charge in [-0.05, 0) is 50.6 Å². The molecule has 1 aromatic carbocycles. The zero-order valence-electron chi connectivity index (χ0n) is 10.5. The van der Waals surface area contributed by atoms with Gasteiger partial charge in [-0.15, -0.1) is 11.3 Å². The van der Waals surface area contributed by atoms with Gasteiger partial charge in [0.15, 0.2) is 0 Å². The van der Waals surface area contributed by atoms with Gasteiger partial charge in [0, 0.05) is 12.5 Å². The lowest BCUT2D eigenvalue weighted by Crippen LogP contribution is -2.19. The third kappa shape index (κ3) is 3.36. The fourth-order valence-electron chi connectivity index (χ4n) is 2.03. The molecule has 0 radical (unpaired) electrons. The Morgan fingerprint density at radius 1 is 1.37 bits per heavy atom. The fourth-order valence-corrected chi connectivity index (χ4v) is 3.24. The van der Waals surface area contributed by atoms with Crippen LogP contribution in [0.25, 0.3) is 0 Å². The van der Waals surface area contributed by atoms with Gasteiger partial charge in [0.1, 0.15) is 5.75 Å². The van der Waals surface area contributed by atoms with Crippen LogP contribution in [0.5, 0.6) is 5.75 Å². The third-order valence-corrected chi connectivity index (χ3v) is 4.61. The lowest BCUT2D eigenvalue weighted by molar-refractivity contribution is 0.148. The van der Waals surface area contributed by atoms with E-state index in [2.05, 4.69) is 15.9 Å². The minimum Gasteiger partial charge on any atom is -0.497 e. The number of thiophene rings is 1. The van der Waals surface area contributed by atoms with Crippen LogP contribution < -0.4 is 10.5 Å². The quantitative estimate of drug-likeness (QED) is 0.877. The van der Waals surface area contributed by atoms with Crippen LogP contribution in [0.1, 0.15) is 23.1 Å². The highest BCUT2D eigenvalue weighted by molar-refractivity contribution is 9.11. The highest BCUT2D eigenvalue weighted by Crippen LogP contribution is 2.35. The van der Waals surface area contributed by atoms with E-state index in [1.54, 1.807) is 18.4 Å². The predicted molar refractivity (Wildman–Crippen MR) is 81.8 cm³/mol. The van der Waals surface area contributed by atoms with Gasteiger partial charge in [0.05, 0.1) is 17.0 Å². The summed E-state index contributed by atoms with van der Waals surface area (Å²) in [5.41, 5.74) is 7.70. The second-order valence-electron chi connectivity index (χ2n) is 4.25. The van der Waals surface area contributed by atoms with Gasteiger partial charge in [0.25, 0.3) is 0 Å². The fraction of sp³-hybridized carbons (Fsp3) is 0.286. The highest BCUT2D eigenvalue weighted by Gasteiger charge is 2.22. The van der Waals surface area contributed by atoms with Crippen molar-refractivity contribution in [1.29, 1.82) is 0 Å². The topological polar surface area (TPSA) is 55.5 Å². The van der Waals surface area contributed by atoms with E-state index in [1.165, 1.54) is 0 Å². The average molecular weight is 342 g/mol. The van der Waals surface area contributed by atoms with E-state index in [-0.39, 0.29) is 5.92 Å². The second-order valence-corrected chi connectivity index (χ2v) is 6.54. The molecule has 19 heavy (non-hydrogen) atoms. The molecule has 0 amide bonds. The summed E-state index contributed by atoms with van der Waals surface area (Å²) < 4.78 is 6.21. The normalized spacial score (nSPS) is 14.1. The molecule has 0 aliphatic rings. The Hall–Kier alpha value is -0.880. The Kier molecular flexibility index (Phi) is 4.99. The van der Waals surface area contributed by atoms with Gasteiger partial charge >= 0.3 is 0 Å². The summed E-state index contributed by atoms with van der Waals surface area (Å²) in [6, 6.07) is 9.60. The number of aliphatic hydroxyl groups is 1. The van der Waals surface area contributed by atoms with Crippen LogP contribution in [0.15, 0.2) is 39.5 Å². The van der Waals surface area contributed by atoms with Crippen LogP contribution in [0, 0.1) is 0 Å². The number of nitrogens with two attached hydrogens (primary N) is 1. The average Bonchev–Trinajstić information content (AvgIpc) is 2.86. The largest absolute Gasteiger partial charge is 0.497 e. The molecular weight excluding hydrogens is 326 g/mol. The van der Waals surface area contributed by atoms with E-state index < -0.39 is 6.10 Å². The van der Waals surface area contributed by atoms with Crippen molar-refractivity contribution in [2.24, 2.45) is 5.73 Å². The molecule has 0 fully saturated rings. The lowest BCUT2D eigenvalue weighted by Gasteiger charge is -2.21. The molecule has 0 saturated carbocycles. The van der Waals surface area contributed by atoms with Crippen LogP contribution in [0.3, 0.4) is 0 Å². The van der Waals surface area contributed by atoms with Crippen LogP contribution in [0.2, 0.25) is 0 Å². The predicted octanol–water partition coefficient (Wildman–Crippen LogP) is 3.30. The maximum atomic E-state index is 10.5. The molecule has 0 saturated heterocycles. The number of ether oxygens (including phenoxy) is 1. The summed E-state index contributed by atoms with van der Waals surface area (Å²) >= 11 is 4.96. The van der Waals surface area contributed by atoms with Gasteiger partial charge < -0.3 is 15.6 Å². The number of rotatable bonds is 5. The molecular formula is C14H16BrNO2S. The zero-order chi connectivity index (χ0) is 13.8. The number of methoxy groups -OCH3 is 1. The molecule has 1 heterocycles. The smallest absolute Gasteiger partial charge is 0.119 e. The van der Waals surface area contributed by atoms with Crippen LogP contribution >= 0.6 is 27.3 Å². The van der Waals surface area contributed by atoms with Crippen molar-refractivity contribution in [1.82, 2.24) is 0 Å². The first-order valence-electron chi connectivity index (χ1n) is 5.91. The standard InChI is InChI=1S/C14H16BrNO2S/c1-18-11-4-2-3-9(5-11)12(7-16)14(17)10-6-13(15)19-8-10/h2-6,8,12,14,17H,7,16H2,1H3. The SMILES string of the molecule is COc1cccc(C(CN)C(O)c2csc(Br)c2)c1. The molecule has 5 heteroatoms. The monoisotopic (exact) mass is 341 g/mol. The van der Waals surface area contributed by atoms with Crippen molar-refractivity contribution in [2.75, 3.05) is 13.7 Å². The van der Waals surface area contributed by atoms with Crippen molar-refractivity contribution < 1.29 is 9.84 Å². The Labute approximate surface area is 125 Å². The molecule has 0 spiro atoms. The van der Waals surface area contributed by atoms with Gasteiger partial charge in [0.2, 0.25) is 0 Å². The molecule has 2 aromatic rings. The number of hydrogen-bond donors (Lipinski definition) is 2. The Morgan fingerprint density at radius 3 is 2.74 bits per heavy atom. The van der Waals surface area contributed by atoms with Gasteiger partial charge in [-0.1, -0.05) is 12.1 Å². The molecule has 2 atom stereocenters. The Bertz CT molecular complexity index is 544. The maximum Gasteiger partial charge on any atom is 0.119 e. The minimum atomic E-state index is -0.611. The molecule has 0 aliphatic carbocycles. The first-order chi connectivity index (χ1) is 9.15. The van der Waals surface area contributed by atoms with Crippen molar-refractivity contribution in [3.63, 3.8) is 0 Å². The summed E-state index contributed by atoms with van der Waals surface area (Å²) in [7, 11) is 1.63. The summed E-state index contributed by atoms with van der Waals surface area (Å²) in [6.45, 7) is 0.377. The van der Waals surface area contributed by atoms with Crippen molar-refractivity contribution in [3.05, 3.63) is 50.6 Å². The van der Waals surface area contributed by atoms with E-state index in [9.17, 15) is 5.11 Å². The Morgan fingerprint density at radius 2 is 2.16 bits per heavy atom. The summed E-state index contributed by atoms with van der Waals surface area (Å²) in [5.74, 6) is 0.631. The molecule has 102 valence electrons. The van der Waals surface area contributed by atoms with Crippen molar-refractivity contribution in [2.45, 2.75) is 12.0 Å². The lowest BCUT2D eigenvalue weighted by atomic mass is 9.90. The molecule has 2 rings (SSSR count). The highest BCUT2D eigenvalue weighted by atomic mass is 79.9. The summed E-state index contributed by atoms with van der Waals surface area (Å²) in [5, 5.41) is 12.4.